The van der Waals surface area contributed by atoms with Crippen LogP contribution in [0.4, 0.5) is 0 Å². The molecule has 0 radical (unpaired) electrons. The average Bonchev–Trinajstić information content (AvgIpc) is 2.54. The van der Waals surface area contributed by atoms with Gasteiger partial charge in [0.25, 0.3) is 0 Å². The van der Waals surface area contributed by atoms with Gasteiger partial charge in [-0.25, -0.2) is 0 Å². The van der Waals surface area contributed by atoms with Gasteiger partial charge < -0.3 is 10.1 Å². The minimum absolute atomic E-state index is 0.0446. The maximum absolute atomic E-state index is 6.17. The van der Waals surface area contributed by atoms with Crippen LogP contribution in [0.3, 0.4) is 0 Å². The molecule has 0 bridgehead atoms. The number of ether oxygens (including phenoxy) is 1. The van der Waals surface area contributed by atoms with E-state index in [9.17, 15) is 0 Å². The summed E-state index contributed by atoms with van der Waals surface area (Å²) < 4.78 is 6.17. The molecule has 21 heavy (non-hydrogen) atoms. The molecule has 0 amide bonds. The molecule has 0 aliphatic heterocycles. The lowest BCUT2D eigenvalue weighted by molar-refractivity contribution is 0.202. The molecular formula is C19H25NO. The minimum atomic E-state index is 0.0446. The number of aryl methyl sites for hydroxylation is 1. The highest BCUT2D eigenvalue weighted by atomic mass is 16.5. The highest BCUT2D eigenvalue weighted by Crippen LogP contribution is 2.22. The second-order valence-corrected chi connectivity index (χ2v) is 5.22. The van der Waals surface area contributed by atoms with Gasteiger partial charge in [-0.05, 0) is 36.2 Å². The van der Waals surface area contributed by atoms with Gasteiger partial charge >= 0.3 is 0 Å². The highest BCUT2D eigenvalue weighted by molar-refractivity contribution is 5.29. The summed E-state index contributed by atoms with van der Waals surface area (Å²) in [5.74, 6) is 0.932. The van der Waals surface area contributed by atoms with Crippen molar-refractivity contribution >= 4 is 0 Å². The largest absolute Gasteiger partial charge is 0.484 e. The summed E-state index contributed by atoms with van der Waals surface area (Å²) in [6.07, 6.45) is 2.34. The van der Waals surface area contributed by atoms with E-state index in [1.807, 2.05) is 6.07 Å². The molecule has 1 atom stereocenters. The van der Waals surface area contributed by atoms with Gasteiger partial charge in [-0.15, -0.1) is 0 Å². The van der Waals surface area contributed by atoms with Crippen molar-refractivity contribution in [1.82, 2.24) is 5.32 Å². The third-order valence-electron chi connectivity index (χ3n) is 3.49. The van der Waals surface area contributed by atoms with Gasteiger partial charge in [0.1, 0.15) is 11.9 Å². The first-order valence-corrected chi connectivity index (χ1v) is 7.84. The summed E-state index contributed by atoms with van der Waals surface area (Å²) >= 11 is 0. The molecule has 2 aromatic carbocycles. The fraction of sp³-hybridized carbons (Fsp3) is 0.368. The molecule has 0 aromatic heterocycles. The number of benzene rings is 2. The van der Waals surface area contributed by atoms with Crippen molar-refractivity contribution in [3.63, 3.8) is 0 Å². The Morgan fingerprint density at radius 3 is 2.29 bits per heavy atom. The monoisotopic (exact) mass is 283 g/mol. The van der Waals surface area contributed by atoms with E-state index in [4.69, 9.17) is 4.74 Å². The normalized spacial score (nSPS) is 12.1. The van der Waals surface area contributed by atoms with Crippen LogP contribution in [0.2, 0.25) is 0 Å². The van der Waals surface area contributed by atoms with Crippen LogP contribution in [0.5, 0.6) is 5.75 Å². The average molecular weight is 283 g/mol. The summed E-state index contributed by atoms with van der Waals surface area (Å²) in [4.78, 5) is 0. The van der Waals surface area contributed by atoms with Crippen molar-refractivity contribution in [2.24, 2.45) is 0 Å². The Hall–Kier alpha value is -1.80. The first kappa shape index (κ1) is 15.6. The molecule has 0 aliphatic rings. The molecule has 0 fully saturated rings. The van der Waals surface area contributed by atoms with E-state index in [-0.39, 0.29) is 6.10 Å². The van der Waals surface area contributed by atoms with Crippen molar-refractivity contribution in [2.45, 2.75) is 32.8 Å². The number of rotatable bonds is 8. The van der Waals surface area contributed by atoms with Gasteiger partial charge in [-0.3, -0.25) is 0 Å². The van der Waals surface area contributed by atoms with Gasteiger partial charge in [-0.2, -0.15) is 0 Å². The second-order valence-electron chi connectivity index (χ2n) is 5.22. The lowest BCUT2D eigenvalue weighted by Crippen LogP contribution is -2.24. The van der Waals surface area contributed by atoms with E-state index < -0.39 is 0 Å². The van der Waals surface area contributed by atoms with Gasteiger partial charge in [0.15, 0.2) is 0 Å². The van der Waals surface area contributed by atoms with Crippen LogP contribution in [0.25, 0.3) is 0 Å². The number of likely N-dealkylation sites (N-methyl/N-ethyl adjacent to an activating group) is 1. The van der Waals surface area contributed by atoms with Gasteiger partial charge in [-0.1, -0.05) is 62.7 Å². The second kappa shape index (κ2) is 8.48. The third-order valence-corrected chi connectivity index (χ3v) is 3.49. The fourth-order valence-corrected chi connectivity index (χ4v) is 2.36. The standard InChI is InChI=1S/C19H25NO/c1-3-8-16-11-13-18(14-12-16)21-19(15-20-4-2)17-9-6-5-7-10-17/h5-7,9-14,19-20H,3-4,8,15H2,1-2H3. The van der Waals surface area contributed by atoms with Crippen molar-refractivity contribution in [3.05, 3.63) is 65.7 Å². The molecule has 2 heteroatoms. The van der Waals surface area contributed by atoms with Gasteiger partial charge in [0.05, 0.1) is 0 Å². The Morgan fingerprint density at radius 2 is 1.67 bits per heavy atom. The summed E-state index contributed by atoms with van der Waals surface area (Å²) in [5.41, 5.74) is 2.57. The molecule has 1 N–H and O–H groups in total. The van der Waals surface area contributed by atoms with Gasteiger partial charge in [0.2, 0.25) is 0 Å². The molecule has 2 nitrogen and oxygen atoms in total. The molecule has 2 aromatic rings. The van der Waals surface area contributed by atoms with Crippen LogP contribution < -0.4 is 10.1 Å². The summed E-state index contributed by atoms with van der Waals surface area (Å²) in [7, 11) is 0. The SMILES string of the molecule is CCCc1ccc(OC(CNCC)c2ccccc2)cc1. The van der Waals surface area contributed by atoms with Crippen LogP contribution >= 0.6 is 0 Å². The zero-order valence-corrected chi connectivity index (χ0v) is 13.0. The Balaban J connectivity index is 2.07. The van der Waals surface area contributed by atoms with E-state index in [2.05, 4.69) is 67.7 Å². The smallest absolute Gasteiger partial charge is 0.136 e. The number of nitrogens with one attached hydrogen (secondary N) is 1. The van der Waals surface area contributed by atoms with Crippen LogP contribution in [0.15, 0.2) is 54.6 Å². The van der Waals surface area contributed by atoms with Crippen molar-refractivity contribution in [3.8, 4) is 5.75 Å². The fourth-order valence-electron chi connectivity index (χ4n) is 2.36. The Morgan fingerprint density at radius 1 is 0.952 bits per heavy atom. The van der Waals surface area contributed by atoms with Crippen LogP contribution in [-0.4, -0.2) is 13.1 Å². The first-order valence-electron chi connectivity index (χ1n) is 7.84. The molecule has 0 spiro atoms. The summed E-state index contributed by atoms with van der Waals surface area (Å²) in [5, 5.41) is 3.37. The molecule has 2 rings (SSSR count). The van der Waals surface area contributed by atoms with Crippen LogP contribution in [0.1, 0.15) is 37.5 Å². The van der Waals surface area contributed by atoms with Crippen molar-refractivity contribution in [1.29, 1.82) is 0 Å². The summed E-state index contributed by atoms with van der Waals surface area (Å²) in [6, 6.07) is 18.9. The Labute approximate surface area is 128 Å². The lowest BCUT2D eigenvalue weighted by Gasteiger charge is -2.20. The minimum Gasteiger partial charge on any atom is -0.484 e. The molecule has 0 saturated heterocycles. The molecule has 112 valence electrons. The Bertz CT molecular complexity index is 507. The maximum Gasteiger partial charge on any atom is 0.136 e. The highest BCUT2D eigenvalue weighted by Gasteiger charge is 2.12. The van der Waals surface area contributed by atoms with Crippen molar-refractivity contribution < 1.29 is 4.74 Å². The molecule has 1 unspecified atom stereocenters. The molecule has 0 heterocycles. The predicted octanol–water partition coefficient (Wildman–Crippen LogP) is 4.37. The first-order chi connectivity index (χ1) is 10.3. The van der Waals surface area contributed by atoms with E-state index >= 15 is 0 Å². The van der Waals surface area contributed by atoms with Crippen molar-refractivity contribution in [2.75, 3.05) is 13.1 Å². The molecular weight excluding hydrogens is 258 g/mol. The van der Waals surface area contributed by atoms with E-state index in [0.29, 0.717) is 0 Å². The van der Waals surface area contributed by atoms with Gasteiger partial charge in [0, 0.05) is 6.54 Å². The number of hydrogen-bond donors (Lipinski definition) is 1. The topological polar surface area (TPSA) is 21.3 Å². The van der Waals surface area contributed by atoms with E-state index in [0.717, 1.165) is 25.3 Å². The zero-order chi connectivity index (χ0) is 14.9. The van der Waals surface area contributed by atoms with Crippen LogP contribution in [-0.2, 0) is 6.42 Å². The lowest BCUT2D eigenvalue weighted by atomic mass is 10.1. The Kier molecular flexibility index (Phi) is 6.29. The summed E-state index contributed by atoms with van der Waals surface area (Å²) in [6.45, 7) is 6.08. The predicted molar refractivity (Wildman–Crippen MR) is 88.8 cm³/mol. The quantitative estimate of drug-likeness (QED) is 0.777. The van der Waals surface area contributed by atoms with E-state index in [1.54, 1.807) is 0 Å². The number of hydrogen-bond acceptors (Lipinski definition) is 2. The molecule has 0 aliphatic carbocycles. The maximum atomic E-state index is 6.17. The molecule has 0 saturated carbocycles. The third kappa shape index (κ3) is 4.91. The zero-order valence-electron chi connectivity index (χ0n) is 13.0. The van der Waals surface area contributed by atoms with E-state index in [1.165, 1.54) is 17.5 Å². The van der Waals surface area contributed by atoms with Crippen LogP contribution in [0, 0.1) is 0 Å².